The normalized spacial score (nSPS) is 17.3. The van der Waals surface area contributed by atoms with Crippen molar-refractivity contribution in [2.75, 3.05) is 5.73 Å². The first kappa shape index (κ1) is 14.2. The molecule has 0 aliphatic heterocycles. The zero-order valence-corrected chi connectivity index (χ0v) is 12.9. The third kappa shape index (κ3) is 2.05. The Bertz CT molecular complexity index is 896. The topological polar surface area (TPSA) is 41.8 Å². The van der Waals surface area contributed by atoms with Crippen LogP contribution in [0.5, 0.6) is 0 Å². The molecular weight excluding hydrogens is 294 g/mol. The highest BCUT2D eigenvalue weighted by molar-refractivity contribution is 5.93. The van der Waals surface area contributed by atoms with Gasteiger partial charge in [-0.2, -0.15) is 0 Å². The van der Waals surface area contributed by atoms with Gasteiger partial charge < -0.3 is 10.7 Å². The molecule has 0 bridgehead atoms. The van der Waals surface area contributed by atoms with Crippen LogP contribution in [-0.4, -0.2) is 4.98 Å². The molecule has 2 aromatic carbocycles. The Balaban J connectivity index is 1.98. The second-order valence-corrected chi connectivity index (χ2v) is 6.57. The van der Waals surface area contributed by atoms with Gasteiger partial charge in [0.05, 0.1) is 11.2 Å². The Kier molecular flexibility index (Phi) is 2.98. The summed E-state index contributed by atoms with van der Waals surface area (Å²) in [4.78, 5) is 3.22. The van der Waals surface area contributed by atoms with Crippen molar-refractivity contribution in [2.45, 2.75) is 25.2 Å². The molecule has 0 saturated heterocycles. The molecule has 1 aromatic heterocycles. The lowest BCUT2D eigenvalue weighted by Crippen LogP contribution is -2.27. The number of hydrogen-bond donors (Lipinski definition) is 2. The van der Waals surface area contributed by atoms with E-state index in [0.717, 1.165) is 35.4 Å². The minimum atomic E-state index is -0.549. The first-order valence-electron chi connectivity index (χ1n) is 7.83. The van der Waals surface area contributed by atoms with Crippen molar-refractivity contribution in [1.29, 1.82) is 0 Å². The number of aromatic nitrogens is 1. The second-order valence-electron chi connectivity index (χ2n) is 6.57. The number of nitrogens with two attached hydrogens (primary N) is 1. The third-order valence-electron chi connectivity index (χ3n) is 5.19. The first-order chi connectivity index (χ1) is 11.0. The SMILES string of the molecule is C[C@@](c1ccc(F)cc1F)(c1c[nH]c2c(N)cccc12)C1CC1. The van der Waals surface area contributed by atoms with Crippen molar-refractivity contribution in [3.05, 3.63) is 65.4 Å². The van der Waals surface area contributed by atoms with Gasteiger partial charge in [-0.3, -0.25) is 0 Å². The van der Waals surface area contributed by atoms with Crippen LogP contribution in [0.2, 0.25) is 0 Å². The van der Waals surface area contributed by atoms with Crippen LogP contribution in [0, 0.1) is 17.6 Å². The summed E-state index contributed by atoms with van der Waals surface area (Å²) in [5, 5.41) is 1.00. The molecule has 1 heterocycles. The molecule has 0 amide bonds. The number of anilines is 1. The van der Waals surface area contributed by atoms with E-state index in [4.69, 9.17) is 5.73 Å². The highest BCUT2D eigenvalue weighted by Crippen LogP contribution is 2.53. The summed E-state index contributed by atoms with van der Waals surface area (Å²) in [7, 11) is 0. The molecule has 0 unspecified atom stereocenters. The van der Waals surface area contributed by atoms with Crippen molar-refractivity contribution in [3.63, 3.8) is 0 Å². The predicted molar refractivity (Wildman–Crippen MR) is 88.2 cm³/mol. The summed E-state index contributed by atoms with van der Waals surface area (Å²) in [5.41, 5.74) is 8.65. The van der Waals surface area contributed by atoms with Crippen LogP contribution >= 0.6 is 0 Å². The van der Waals surface area contributed by atoms with E-state index in [1.54, 1.807) is 6.07 Å². The molecule has 1 fully saturated rings. The molecular formula is C19H18F2N2. The van der Waals surface area contributed by atoms with Gasteiger partial charge in [-0.05, 0) is 42.0 Å². The number of rotatable bonds is 3. The standard InChI is InChI=1S/C19H18F2N2/c1-19(11-5-6-11,14-8-7-12(20)9-16(14)21)15-10-23-18-13(15)3-2-4-17(18)22/h2-4,7-11,23H,5-6,22H2,1H3/t19-/m1/s1. The maximum atomic E-state index is 14.5. The molecule has 4 rings (SSSR count). The summed E-state index contributed by atoms with van der Waals surface area (Å²) >= 11 is 0. The molecule has 3 N–H and O–H groups in total. The van der Waals surface area contributed by atoms with Crippen molar-refractivity contribution in [3.8, 4) is 0 Å². The van der Waals surface area contributed by atoms with E-state index in [1.165, 1.54) is 6.07 Å². The molecule has 3 aromatic rings. The van der Waals surface area contributed by atoms with Gasteiger partial charge in [0.2, 0.25) is 0 Å². The number of para-hydroxylation sites is 1. The smallest absolute Gasteiger partial charge is 0.130 e. The number of hydrogen-bond acceptors (Lipinski definition) is 1. The Morgan fingerprint density at radius 2 is 1.91 bits per heavy atom. The molecule has 1 aliphatic rings. The fourth-order valence-corrected chi connectivity index (χ4v) is 3.76. The average Bonchev–Trinajstić information content (AvgIpc) is 3.27. The summed E-state index contributed by atoms with van der Waals surface area (Å²) in [6.07, 6.45) is 4.01. The molecule has 4 heteroatoms. The van der Waals surface area contributed by atoms with Crippen molar-refractivity contribution < 1.29 is 8.78 Å². The average molecular weight is 312 g/mol. The summed E-state index contributed by atoms with van der Waals surface area (Å²) in [6, 6.07) is 9.63. The number of nitrogen functional groups attached to an aromatic ring is 1. The maximum Gasteiger partial charge on any atom is 0.130 e. The molecule has 2 nitrogen and oxygen atoms in total. The number of aromatic amines is 1. The first-order valence-corrected chi connectivity index (χ1v) is 7.83. The highest BCUT2D eigenvalue weighted by Gasteiger charge is 2.46. The third-order valence-corrected chi connectivity index (χ3v) is 5.19. The van der Waals surface area contributed by atoms with Crippen molar-refractivity contribution in [2.24, 2.45) is 5.92 Å². The summed E-state index contributed by atoms with van der Waals surface area (Å²) in [6.45, 7) is 2.05. The van der Waals surface area contributed by atoms with E-state index in [1.807, 2.05) is 31.3 Å². The quantitative estimate of drug-likeness (QED) is 0.674. The predicted octanol–water partition coefficient (Wildman–Crippen LogP) is 4.74. The Morgan fingerprint density at radius 1 is 1.13 bits per heavy atom. The molecule has 1 atom stereocenters. The van der Waals surface area contributed by atoms with Gasteiger partial charge in [0.1, 0.15) is 11.6 Å². The number of fused-ring (bicyclic) bond motifs is 1. The molecule has 0 radical (unpaired) electrons. The van der Waals surface area contributed by atoms with Gasteiger partial charge in [0.15, 0.2) is 0 Å². The lowest BCUT2D eigenvalue weighted by molar-refractivity contribution is 0.460. The number of H-pyrrole nitrogens is 1. The fourth-order valence-electron chi connectivity index (χ4n) is 3.76. The molecule has 23 heavy (non-hydrogen) atoms. The van der Waals surface area contributed by atoms with Crippen LogP contribution in [0.25, 0.3) is 10.9 Å². The van der Waals surface area contributed by atoms with Gasteiger partial charge >= 0.3 is 0 Å². The van der Waals surface area contributed by atoms with Gasteiger partial charge in [-0.15, -0.1) is 0 Å². The number of halogens is 2. The lowest BCUT2D eigenvalue weighted by atomic mass is 9.72. The van der Waals surface area contributed by atoms with Gasteiger partial charge in [-0.1, -0.05) is 25.1 Å². The van der Waals surface area contributed by atoms with Crippen LogP contribution in [-0.2, 0) is 5.41 Å². The zero-order valence-electron chi connectivity index (χ0n) is 12.9. The number of nitrogens with one attached hydrogen (secondary N) is 1. The van der Waals surface area contributed by atoms with Crippen LogP contribution in [0.4, 0.5) is 14.5 Å². The van der Waals surface area contributed by atoms with Gasteiger partial charge in [0.25, 0.3) is 0 Å². The minimum Gasteiger partial charge on any atom is -0.397 e. The Hall–Kier alpha value is -2.36. The Labute approximate surface area is 133 Å². The summed E-state index contributed by atoms with van der Waals surface area (Å²) in [5.74, 6) is -0.687. The van der Waals surface area contributed by atoms with Crippen molar-refractivity contribution in [1.82, 2.24) is 4.98 Å². The van der Waals surface area contributed by atoms with E-state index in [0.29, 0.717) is 17.2 Å². The van der Waals surface area contributed by atoms with E-state index in [9.17, 15) is 8.78 Å². The molecule has 1 saturated carbocycles. The largest absolute Gasteiger partial charge is 0.397 e. The van der Waals surface area contributed by atoms with Crippen LogP contribution < -0.4 is 5.73 Å². The van der Waals surface area contributed by atoms with E-state index in [-0.39, 0.29) is 0 Å². The molecule has 0 spiro atoms. The Morgan fingerprint density at radius 3 is 2.61 bits per heavy atom. The van der Waals surface area contributed by atoms with Gasteiger partial charge in [-0.25, -0.2) is 8.78 Å². The number of benzene rings is 2. The van der Waals surface area contributed by atoms with E-state index >= 15 is 0 Å². The van der Waals surface area contributed by atoms with E-state index < -0.39 is 17.0 Å². The van der Waals surface area contributed by atoms with Crippen LogP contribution in [0.1, 0.15) is 30.9 Å². The van der Waals surface area contributed by atoms with E-state index in [2.05, 4.69) is 4.98 Å². The monoisotopic (exact) mass is 312 g/mol. The highest BCUT2D eigenvalue weighted by atomic mass is 19.1. The summed E-state index contributed by atoms with van der Waals surface area (Å²) < 4.78 is 27.9. The van der Waals surface area contributed by atoms with Crippen LogP contribution in [0.15, 0.2) is 42.6 Å². The molecule has 118 valence electrons. The van der Waals surface area contributed by atoms with Crippen LogP contribution in [0.3, 0.4) is 0 Å². The maximum absolute atomic E-state index is 14.5. The second kappa shape index (κ2) is 4.82. The fraction of sp³-hybridized carbons (Fsp3) is 0.263. The minimum absolute atomic E-state index is 0.350. The zero-order chi connectivity index (χ0) is 16.2. The molecule has 1 aliphatic carbocycles. The van der Waals surface area contributed by atoms with Crippen molar-refractivity contribution >= 4 is 16.6 Å². The lowest BCUT2D eigenvalue weighted by Gasteiger charge is -2.31. The van der Waals surface area contributed by atoms with Gasteiger partial charge in [0, 0.05) is 23.1 Å².